The first-order chi connectivity index (χ1) is 28.3. The zero-order chi connectivity index (χ0) is 37.7. The van der Waals surface area contributed by atoms with Gasteiger partial charge in [-0.25, -0.2) is 0 Å². The van der Waals surface area contributed by atoms with Gasteiger partial charge >= 0.3 is 0 Å². The van der Waals surface area contributed by atoms with Gasteiger partial charge in [0.25, 0.3) is 0 Å². The summed E-state index contributed by atoms with van der Waals surface area (Å²) in [5, 5.41) is 5.12. The summed E-state index contributed by atoms with van der Waals surface area (Å²) in [4.78, 5) is 2.31. The Hall–Kier alpha value is -7.20. The van der Waals surface area contributed by atoms with Crippen LogP contribution in [0.15, 0.2) is 218 Å². The molecule has 0 aliphatic carbocycles. The van der Waals surface area contributed by atoms with E-state index in [1.54, 1.807) is 0 Å². The molecule has 3 heteroatoms. The Labute approximate surface area is 335 Å². The third-order valence-electron chi connectivity index (χ3n) is 11.2. The second-order valence-corrected chi connectivity index (χ2v) is 15.6. The van der Waals surface area contributed by atoms with Gasteiger partial charge in [0.05, 0.1) is 11.0 Å². The summed E-state index contributed by atoms with van der Waals surface area (Å²) >= 11 is 1.88. The van der Waals surface area contributed by atoms with Crippen molar-refractivity contribution in [3.63, 3.8) is 0 Å². The molecule has 11 aromatic rings. The average Bonchev–Trinajstić information content (AvgIpc) is 3.83. The molecule has 2 heterocycles. The number of thiophene rings is 1. The van der Waals surface area contributed by atoms with Crippen LogP contribution in [0.2, 0.25) is 0 Å². The normalized spacial score (nSPS) is 11.5. The van der Waals surface area contributed by atoms with Crippen LogP contribution in [-0.2, 0) is 0 Å². The summed E-state index contributed by atoms with van der Waals surface area (Å²) in [6.07, 6.45) is 0. The molecule has 0 spiro atoms. The lowest BCUT2D eigenvalue weighted by Gasteiger charge is -2.25. The summed E-state index contributed by atoms with van der Waals surface area (Å²) < 4.78 is 5.09. The Morgan fingerprint density at radius 3 is 1.46 bits per heavy atom. The van der Waals surface area contributed by atoms with E-state index in [1.165, 1.54) is 75.4 Å². The lowest BCUT2D eigenvalue weighted by atomic mass is 10.00. The Morgan fingerprint density at radius 2 is 0.825 bits per heavy atom. The molecule has 0 amide bonds. The van der Waals surface area contributed by atoms with Crippen molar-refractivity contribution in [3.05, 3.63) is 218 Å². The Kier molecular flexibility index (Phi) is 8.04. The van der Waals surface area contributed by atoms with Gasteiger partial charge in [-0.15, -0.1) is 11.3 Å². The van der Waals surface area contributed by atoms with Crippen molar-refractivity contribution in [2.45, 2.75) is 0 Å². The number of rotatable bonds is 7. The number of fused-ring (bicyclic) bond motifs is 6. The highest BCUT2D eigenvalue weighted by Crippen LogP contribution is 2.42. The van der Waals surface area contributed by atoms with E-state index in [-0.39, 0.29) is 0 Å². The van der Waals surface area contributed by atoms with Gasteiger partial charge in [-0.2, -0.15) is 0 Å². The summed E-state index contributed by atoms with van der Waals surface area (Å²) in [6, 6.07) is 79.2. The van der Waals surface area contributed by atoms with Crippen molar-refractivity contribution in [1.29, 1.82) is 0 Å². The predicted molar refractivity (Wildman–Crippen MR) is 245 cm³/mol. The van der Waals surface area contributed by atoms with Gasteiger partial charge in [-0.05, 0) is 112 Å². The van der Waals surface area contributed by atoms with Crippen molar-refractivity contribution in [2.24, 2.45) is 0 Å². The van der Waals surface area contributed by atoms with Crippen LogP contribution in [0.25, 0.3) is 81.0 Å². The van der Waals surface area contributed by atoms with E-state index < -0.39 is 0 Å². The SMILES string of the molecule is c1ccc(-c2ccc3c(c2)c2cc(-c4ccc(N(c5ccccc5)c5ccccc5)cc4)ccc2n3-c2ccc(-c3cccc4c3sc3ccccc34)cc2)cc1. The van der Waals surface area contributed by atoms with E-state index >= 15 is 0 Å². The lowest BCUT2D eigenvalue weighted by molar-refractivity contribution is 1.18. The fourth-order valence-corrected chi connectivity index (χ4v) is 9.70. The van der Waals surface area contributed by atoms with Crippen LogP contribution in [0.1, 0.15) is 0 Å². The van der Waals surface area contributed by atoms with E-state index in [0.29, 0.717) is 0 Å². The molecule has 0 radical (unpaired) electrons. The number of para-hydroxylation sites is 2. The van der Waals surface area contributed by atoms with Crippen LogP contribution in [0.4, 0.5) is 17.1 Å². The maximum absolute atomic E-state index is 2.42. The van der Waals surface area contributed by atoms with Crippen LogP contribution in [0.3, 0.4) is 0 Å². The van der Waals surface area contributed by atoms with Crippen molar-refractivity contribution in [1.82, 2.24) is 4.57 Å². The van der Waals surface area contributed by atoms with E-state index in [0.717, 1.165) is 22.7 Å². The van der Waals surface area contributed by atoms with Gasteiger partial charge in [0.15, 0.2) is 0 Å². The summed E-state index contributed by atoms with van der Waals surface area (Å²) in [5.41, 5.74) is 14.2. The molecule has 0 unspecified atom stereocenters. The minimum Gasteiger partial charge on any atom is -0.311 e. The van der Waals surface area contributed by atoms with E-state index in [2.05, 4.69) is 228 Å². The summed E-state index contributed by atoms with van der Waals surface area (Å²) in [7, 11) is 0. The minimum absolute atomic E-state index is 1.12. The van der Waals surface area contributed by atoms with Gasteiger partial charge < -0.3 is 9.47 Å². The molecule has 0 atom stereocenters. The van der Waals surface area contributed by atoms with Gasteiger partial charge in [0, 0.05) is 53.7 Å². The highest BCUT2D eigenvalue weighted by atomic mass is 32.1. The first kappa shape index (κ1) is 33.2. The molecule has 9 aromatic carbocycles. The zero-order valence-corrected chi connectivity index (χ0v) is 31.9. The van der Waals surface area contributed by atoms with Crippen LogP contribution in [-0.4, -0.2) is 4.57 Å². The van der Waals surface area contributed by atoms with Crippen molar-refractivity contribution >= 4 is 70.4 Å². The first-order valence-electron chi connectivity index (χ1n) is 19.4. The topological polar surface area (TPSA) is 8.17 Å². The molecule has 2 nitrogen and oxygen atoms in total. The lowest BCUT2D eigenvalue weighted by Crippen LogP contribution is -2.09. The molecule has 0 N–H and O–H groups in total. The molecule has 57 heavy (non-hydrogen) atoms. The van der Waals surface area contributed by atoms with Gasteiger partial charge in [-0.3, -0.25) is 0 Å². The molecule has 268 valence electrons. The highest BCUT2D eigenvalue weighted by Gasteiger charge is 2.17. The van der Waals surface area contributed by atoms with Crippen LogP contribution in [0.5, 0.6) is 0 Å². The van der Waals surface area contributed by atoms with Gasteiger partial charge in [0.2, 0.25) is 0 Å². The molecule has 0 aliphatic heterocycles. The molecule has 0 saturated carbocycles. The molecule has 0 bridgehead atoms. The van der Waals surface area contributed by atoms with Crippen molar-refractivity contribution in [2.75, 3.05) is 4.90 Å². The van der Waals surface area contributed by atoms with Gasteiger partial charge in [0.1, 0.15) is 0 Å². The van der Waals surface area contributed by atoms with Gasteiger partial charge in [-0.1, -0.05) is 140 Å². The predicted octanol–water partition coefficient (Wildman–Crippen LogP) is 15.6. The molecule has 2 aromatic heterocycles. The standard InChI is InChI=1S/C54H36N2S/c1-4-13-37(14-5-1)40-27-33-51-49(35-40)50-36-41(38-23-29-44(30-24-38)55(42-15-6-2-7-16-42)43-17-8-3-9-18-43)28-34-52(50)56(51)45-31-25-39(26-32-45)46-20-12-21-48-47-19-10-11-22-53(47)57-54(46)48/h1-36H. The zero-order valence-electron chi connectivity index (χ0n) is 31.1. The quantitative estimate of drug-likeness (QED) is 0.158. The third kappa shape index (κ3) is 5.80. The maximum Gasteiger partial charge on any atom is 0.0541 e. The first-order valence-corrected chi connectivity index (χ1v) is 20.2. The number of anilines is 3. The van der Waals surface area contributed by atoms with E-state index in [4.69, 9.17) is 0 Å². The highest BCUT2D eigenvalue weighted by molar-refractivity contribution is 7.26. The fourth-order valence-electron chi connectivity index (χ4n) is 8.46. The second kappa shape index (κ2) is 13.8. The minimum atomic E-state index is 1.12. The van der Waals surface area contributed by atoms with Crippen LogP contribution >= 0.6 is 11.3 Å². The third-order valence-corrected chi connectivity index (χ3v) is 12.4. The molecule has 11 rings (SSSR count). The molecule has 0 saturated heterocycles. The van der Waals surface area contributed by atoms with E-state index in [9.17, 15) is 0 Å². The number of nitrogens with zero attached hydrogens (tertiary/aromatic N) is 2. The largest absolute Gasteiger partial charge is 0.311 e. The van der Waals surface area contributed by atoms with Crippen molar-refractivity contribution < 1.29 is 0 Å². The van der Waals surface area contributed by atoms with E-state index in [1.807, 2.05) is 11.3 Å². The Morgan fingerprint density at radius 1 is 0.333 bits per heavy atom. The summed E-state index contributed by atoms with van der Waals surface area (Å²) in [6.45, 7) is 0. The fraction of sp³-hybridized carbons (Fsp3) is 0. The molecule has 0 fully saturated rings. The number of benzene rings is 9. The maximum atomic E-state index is 2.42. The smallest absolute Gasteiger partial charge is 0.0541 e. The van der Waals surface area contributed by atoms with Crippen LogP contribution < -0.4 is 4.90 Å². The second-order valence-electron chi connectivity index (χ2n) is 14.5. The number of hydrogen-bond acceptors (Lipinski definition) is 2. The molecular weight excluding hydrogens is 709 g/mol. The Balaban J connectivity index is 1.02. The number of hydrogen-bond donors (Lipinski definition) is 0. The molecule has 0 aliphatic rings. The van der Waals surface area contributed by atoms with Crippen LogP contribution in [0, 0.1) is 0 Å². The monoisotopic (exact) mass is 744 g/mol. The van der Waals surface area contributed by atoms with Crippen molar-refractivity contribution in [3.8, 4) is 39.1 Å². The average molecular weight is 745 g/mol. The summed E-state index contributed by atoms with van der Waals surface area (Å²) in [5.74, 6) is 0. The Bertz CT molecular complexity index is 3160. The molecular formula is C54H36N2S. The number of aromatic nitrogens is 1.